The summed E-state index contributed by atoms with van der Waals surface area (Å²) in [6.07, 6.45) is 2.99. The molecule has 0 aliphatic heterocycles. The van der Waals surface area contributed by atoms with Gasteiger partial charge in [0.25, 0.3) is 0 Å². The third kappa shape index (κ3) is 4.80. The zero-order chi connectivity index (χ0) is 15.8. The first-order valence-electron chi connectivity index (χ1n) is 7.14. The van der Waals surface area contributed by atoms with Crippen molar-refractivity contribution >= 4 is 11.8 Å². The molecule has 1 atom stereocenters. The van der Waals surface area contributed by atoms with Crippen molar-refractivity contribution in [3.63, 3.8) is 0 Å². The van der Waals surface area contributed by atoms with Crippen molar-refractivity contribution in [3.8, 4) is 6.07 Å². The maximum atomic E-state index is 12.3. The van der Waals surface area contributed by atoms with Gasteiger partial charge in [-0.2, -0.15) is 5.26 Å². The van der Waals surface area contributed by atoms with Crippen LogP contribution < -0.4 is 0 Å². The van der Waals surface area contributed by atoms with Crippen molar-refractivity contribution < 1.29 is 14.3 Å². The van der Waals surface area contributed by atoms with Crippen LogP contribution >= 0.6 is 0 Å². The Labute approximate surface area is 121 Å². The Morgan fingerprint density at radius 2 is 1.95 bits per heavy atom. The van der Waals surface area contributed by atoms with Crippen LogP contribution in [-0.2, 0) is 14.3 Å². The number of nitrogens with zero attached hydrogens (tertiary/aromatic N) is 1. The van der Waals surface area contributed by atoms with E-state index in [0.717, 1.165) is 6.42 Å². The fourth-order valence-corrected chi connectivity index (χ4v) is 2.10. The average molecular weight is 279 g/mol. The van der Waals surface area contributed by atoms with Crippen molar-refractivity contribution in [3.05, 3.63) is 11.6 Å². The molecule has 4 nitrogen and oxygen atoms in total. The molecule has 0 aliphatic carbocycles. The molecule has 0 aromatic heterocycles. The Balaban J connectivity index is 5.68. The first-order valence-corrected chi connectivity index (χ1v) is 7.14. The minimum Gasteiger partial charge on any atom is -0.465 e. The summed E-state index contributed by atoms with van der Waals surface area (Å²) >= 11 is 0. The lowest BCUT2D eigenvalue weighted by Gasteiger charge is -2.27. The van der Waals surface area contributed by atoms with E-state index in [1.54, 1.807) is 6.92 Å². The van der Waals surface area contributed by atoms with Crippen LogP contribution in [0.3, 0.4) is 0 Å². The summed E-state index contributed by atoms with van der Waals surface area (Å²) in [4.78, 5) is 23.7. The smallest absolute Gasteiger partial charge is 0.330 e. The van der Waals surface area contributed by atoms with Gasteiger partial charge in [0.15, 0.2) is 11.2 Å². The second-order valence-corrected chi connectivity index (χ2v) is 5.30. The van der Waals surface area contributed by atoms with Gasteiger partial charge < -0.3 is 4.74 Å². The first-order chi connectivity index (χ1) is 9.33. The number of allylic oxidation sites excluding steroid dienone is 1. The number of carbonyl (C=O) groups is 2. The second kappa shape index (κ2) is 8.52. The molecule has 112 valence electrons. The molecule has 0 aliphatic rings. The molecule has 0 bridgehead atoms. The zero-order valence-electron chi connectivity index (χ0n) is 13.2. The highest BCUT2D eigenvalue weighted by Crippen LogP contribution is 2.37. The number of hydrogen-bond donors (Lipinski definition) is 0. The highest BCUT2D eigenvalue weighted by Gasteiger charge is 2.43. The molecule has 1 unspecified atom stereocenters. The molecule has 0 saturated heterocycles. The fraction of sp³-hybridized carbons (Fsp3) is 0.688. The van der Waals surface area contributed by atoms with E-state index in [1.807, 2.05) is 20.8 Å². The molecule has 4 heteroatoms. The Morgan fingerprint density at radius 1 is 1.35 bits per heavy atom. The summed E-state index contributed by atoms with van der Waals surface area (Å²) in [6, 6.07) is 2.12. The molecular formula is C16H25NO3. The summed E-state index contributed by atoms with van der Waals surface area (Å²) in [5.74, 6) is -0.333. The van der Waals surface area contributed by atoms with Crippen LogP contribution in [0.15, 0.2) is 11.6 Å². The average Bonchev–Trinajstić information content (AvgIpc) is 2.38. The van der Waals surface area contributed by atoms with Crippen LogP contribution in [0, 0.1) is 22.7 Å². The second-order valence-electron chi connectivity index (χ2n) is 5.30. The van der Waals surface area contributed by atoms with E-state index in [4.69, 9.17) is 4.74 Å². The van der Waals surface area contributed by atoms with E-state index in [1.165, 1.54) is 13.0 Å². The number of carbonyl (C=O) groups excluding carboxylic acids is 2. The van der Waals surface area contributed by atoms with E-state index in [0.29, 0.717) is 24.3 Å². The number of esters is 1. The monoisotopic (exact) mass is 279 g/mol. The van der Waals surface area contributed by atoms with Crippen LogP contribution in [0.2, 0.25) is 0 Å². The van der Waals surface area contributed by atoms with E-state index in [9.17, 15) is 14.9 Å². The van der Waals surface area contributed by atoms with E-state index >= 15 is 0 Å². The lowest BCUT2D eigenvalue weighted by atomic mass is 9.74. The standard InChI is InChI=1S/C16H25NO3/c1-6-14(10-13(5)18)16(11-17,9-8-12(3)4)15(19)20-7-2/h10,12H,6-9H2,1-5H3/b14-10+. The lowest BCUT2D eigenvalue weighted by Crippen LogP contribution is -2.34. The van der Waals surface area contributed by atoms with Crippen LogP contribution in [0.4, 0.5) is 0 Å². The summed E-state index contributed by atoms with van der Waals surface area (Å²) in [7, 11) is 0. The Hall–Kier alpha value is -1.63. The number of nitriles is 1. The third-order valence-corrected chi connectivity index (χ3v) is 3.22. The number of hydrogen-bond acceptors (Lipinski definition) is 4. The van der Waals surface area contributed by atoms with Crippen LogP contribution in [0.5, 0.6) is 0 Å². The Morgan fingerprint density at radius 3 is 2.30 bits per heavy atom. The summed E-state index contributed by atoms with van der Waals surface area (Å²) in [5.41, 5.74) is -0.785. The number of ketones is 1. The molecule has 0 spiro atoms. The van der Waals surface area contributed by atoms with Gasteiger partial charge in [0, 0.05) is 0 Å². The maximum Gasteiger partial charge on any atom is 0.330 e. The molecule has 0 radical (unpaired) electrons. The highest BCUT2D eigenvalue weighted by molar-refractivity contribution is 5.91. The minimum atomic E-state index is -1.33. The van der Waals surface area contributed by atoms with Gasteiger partial charge in [0.05, 0.1) is 12.7 Å². The van der Waals surface area contributed by atoms with Crippen molar-refractivity contribution in [2.24, 2.45) is 11.3 Å². The lowest BCUT2D eigenvalue weighted by molar-refractivity contribution is -0.150. The maximum absolute atomic E-state index is 12.3. The molecule has 0 aromatic carbocycles. The fourth-order valence-electron chi connectivity index (χ4n) is 2.10. The molecule has 0 rings (SSSR count). The summed E-state index contributed by atoms with van der Waals surface area (Å²) in [5, 5.41) is 9.60. The molecule has 0 amide bonds. The van der Waals surface area contributed by atoms with Gasteiger partial charge in [0.1, 0.15) is 0 Å². The summed E-state index contributed by atoms with van der Waals surface area (Å²) in [6.45, 7) is 9.27. The Kier molecular flexibility index (Phi) is 7.83. The predicted octanol–water partition coefficient (Wildman–Crippen LogP) is 3.42. The molecule has 0 aromatic rings. The van der Waals surface area contributed by atoms with Crippen molar-refractivity contribution in [2.75, 3.05) is 6.61 Å². The number of rotatable bonds is 8. The van der Waals surface area contributed by atoms with Crippen molar-refractivity contribution in [1.82, 2.24) is 0 Å². The normalized spacial score (nSPS) is 14.6. The van der Waals surface area contributed by atoms with Gasteiger partial charge >= 0.3 is 5.97 Å². The zero-order valence-corrected chi connectivity index (χ0v) is 13.2. The molecule has 0 saturated carbocycles. The third-order valence-electron chi connectivity index (χ3n) is 3.22. The van der Waals surface area contributed by atoms with Gasteiger partial charge in [-0.3, -0.25) is 4.79 Å². The Bertz CT molecular complexity index is 418. The minimum absolute atomic E-state index is 0.157. The van der Waals surface area contributed by atoms with Gasteiger partial charge in [0.2, 0.25) is 0 Å². The van der Waals surface area contributed by atoms with Gasteiger partial charge in [-0.15, -0.1) is 0 Å². The molecule has 0 fully saturated rings. The quantitative estimate of drug-likeness (QED) is 0.504. The van der Waals surface area contributed by atoms with E-state index < -0.39 is 11.4 Å². The van der Waals surface area contributed by atoms with Gasteiger partial charge in [-0.05, 0) is 50.7 Å². The molecule has 0 heterocycles. The van der Waals surface area contributed by atoms with Crippen molar-refractivity contribution in [1.29, 1.82) is 5.26 Å². The predicted molar refractivity (Wildman–Crippen MR) is 77.8 cm³/mol. The largest absolute Gasteiger partial charge is 0.465 e. The van der Waals surface area contributed by atoms with E-state index in [-0.39, 0.29) is 12.4 Å². The molecule has 0 N–H and O–H groups in total. The van der Waals surface area contributed by atoms with Crippen LogP contribution in [-0.4, -0.2) is 18.4 Å². The number of ether oxygens (including phenoxy) is 1. The van der Waals surface area contributed by atoms with Crippen LogP contribution in [0.25, 0.3) is 0 Å². The molecule has 20 heavy (non-hydrogen) atoms. The highest BCUT2D eigenvalue weighted by atomic mass is 16.5. The molecular weight excluding hydrogens is 254 g/mol. The van der Waals surface area contributed by atoms with Gasteiger partial charge in [-0.25, -0.2) is 4.79 Å². The van der Waals surface area contributed by atoms with E-state index in [2.05, 4.69) is 6.07 Å². The topological polar surface area (TPSA) is 67.2 Å². The van der Waals surface area contributed by atoms with Crippen molar-refractivity contribution in [2.45, 2.75) is 53.9 Å². The van der Waals surface area contributed by atoms with Gasteiger partial charge in [-0.1, -0.05) is 20.8 Å². The summed E-state index contributed by atoms with van der Waals surface area (Å²) < 4.78 is 5.08. The van der Waals surface area contributed by atoms with Crippen LogP contribution in [0.1, 0.15) is 53.9 Å². The first kappa shape index (κ1) is 18.4. The SMILES string of the molecule is CCOC(=O)C(C#N)(CCC(C)C)/C(=C/C(C)=O)CC.